The van der Waals surface area contributed by atoms with Crippen molar-refractivity contribution in [2.45, 2.75) is 19.3 Å². The van der Waals surface area contributed by atoms with Gasteiger partial charge >= 0.3 is 5.97 Å². The quantitative estimate of drug-likeness (QED) is 0.535. The number of carbonyl (C=O) groups is 1. The van der Waals surface area contributed by atoms with Crippen molar-refractivity contribution in [1.82, 2.24) is 9.97 Å². The normalized spacial score (nSPS) is 10.5. The van der Waals surface area contributed by atoms with Crippen molar-refractivity contribution in [2.75, 3.05) is 32.7 Å². The molecule has 7 nitrogen and oxygen atoms in total. The molecule has 0 bridgehead atoms. The highest BCUT2D eigenvalue weighted by atomic mass is 16.5. The number of nitrogens with zero attached hydrogens (tertiary/aromatic N) is 3. The molecule has 0 fully saturated rings. The smallest absolute Gasteiger partial charge is 0.339 e. The molecule has 1 heterocycles. The summed E-state index contributed by atoms with van der Waals surface area (Å²) in [5, 5.41) is 9.59. The van der Waals surface area contributed by atoms with Crippen molar-refractivity contribution in [3.63, 3.8) is 0 Å². The lowest BCUT2D eigenvalue weighted by Gasteiger charge is -2.18. The van der Waals surface area contributed by atoms with Crippen LogP contribution in [0.15, 0.2) is 54.7 Å². The highest BCUT2D eigenvalue weighted by molar-refractivity contribution is 5.88. The van der Waals surface area contributed by atoms with Gasteiger partial charge in [0.15, 0.2) is 0 Å². The van der Waals surface area contributed by atoms with Crippen LogP contribution in [0.4, 0.5) is 5.95 Å². The number of aryl methyl sites for hydroxylation is 2. The Labute approximate surface area is 182 Å². The van der Waals surface area contributed by atoms with Crippen LogP contribution in [-0.4, -0.2) is 48.9 Å². The van der Waals surface area contributed by atoms with E-state index < -0.39 is 5.97 Å². The number of aromatic carboxylic acids is 1. The molecule has 0 aliphatic heterocycles. The molecule has 0 spiro atoms. The van der Waals surface area contributed by atoms with Gasteiger partial charge in [-0.15, -0.1) is 0 Å². The second-order valence-corrected chi connectivity index (χ2v) is 7.17. The predicted molar refractivity (Wildman–Crippen MR) is 119 cm³/mol. The Bertz CT molecular complexity index is 1020. The monoisotopic (exact) mass is 421 g/mol. The molecule has 3 rings (SSSR count). The fourth-order valence-electron chi connectivity index (χ4n) is 3.33. The number of methoxy groups -OCH3 is 2. The number of likely N-dealkylation sites (N-methyl/N-ethyl adjacent to an activating group) is 1. The number of ether oxygens (including phenoxy) is 2. The minimum atomic E-state index is -1.04. The Morgan fingerprint density at radius 2 is 1.81 bits per heavy atom. The van der Waals surface area contributed by atoms with Crippen molar-refractivity contribution in [3.05, 3.63) is 77.1 Å². The van der Waals surface area contributed by atoms with Gasteiger partial charge in [-0.05, 0) is 48.6 Å². The maximum Gasteiger partial charge on any atom is 0.339 e. The zero-order valence-corrected chi connectivity index (χ0v) is 18.0. The SMILES string of the molecule is COc1ccc(OC)c(CCc2nc(N(C)CCc3ccccc3)ncc2C(=O)O)c1. The number of carboxylic acid groups (broad SMARTS) is 1. The highest BCUT2D eigenvalue weighted by Gasteiger charge is 2.16. The molecule has 0 saturated heterocycles. The van der Waals surface area contributed by atoms with E-state index in [0.29, 0.717) is 24.5 Å². The van der Waals surface area contributed by atoms with E-state index in [2.05, 4.69) is 22.1 Å². The minimum Gasteiger partial charge on any atom is -0.497 e. The molecule has 0 saturated carbocycles. The summed E-state index contributed by atoms with van der Waals surface area (Å²) in [6, 6.07) is 15.7. The second kappa shape index (κ2) is 10.4. The first-order valence-electron chi connectivity index (χ1n) is 10.1. The average Bonchev–Trinajstić information content (AvgIpc) is 2.81. The van der Waals surface area contributed by atoms with Crippen molar-refractivity contribution in [2.24, 2.45) is 0 Å². The zero-order valence-electron chi connectivity index (χ0n) is 18.0. The van der Waals surface area contributed by atoms with Gasteiger partial charge in [-0.1, -0.05) is 30.3 Å². The van der Waals surface area contributed by atoms with Gasteiger partial charge in [0.25, 0.3) is 0 Å². The summed E-state index contributed by atoms with van der Waals surface area (Å²) >= 11 is 0. The number of carboxylic acids is 1. The summed E-state index contributed by atoms with van der Waals surface area (Å²) in [6.07, 6.45) is 3.23. The van der Waals surface area contributed by atoms with Crippen LogP contribution in [0.3, 0.4) is 0 Å². The van der Waals surface area contributed by atoms with Crippen LogP contribution in [0.5, 0.6) is 11.5 Å². The average molecular weight is 421 g/mol. The molecule has 0 atom stereocenters. The third-order valence-electron chi connectivity index (χ3n) is 5.12. The van der Waals surface area contributed by atoms with Crippen LogP contribution >= 0.6 is 0 Å². The lowest BCUT2D eigenvalue weighted by molar-refractivity contribution is 0.0694. The Balaban J connectivity index is 1.78. The molecule has 1 aromatic heterocycles. The van der Waals surface area contributed by atoms with Crippen molar-refractivity contribution in [1.29, 1.82) is 0 Å². The topological polar surface area (TPSA) is 84.8 Å². The van der Waals surface area contributed by atoms with E-state index in [1.54, 1.807) is 14.2 Å². The van der Waals surface area contributed by atoms with Gasteiger partial charge in [0, 0.05) is 19.8 Å². The number of hydrogen-bond donors (Lipinski definition) is 1. The third kappa shape index (κ3) is 5.72. The summed E-state index contributed by atoms with van der Waals surface area (Å²) in [4.78, 5) is 22.5. The molecule has 0 amide bonds. The fourth-order valence-corrected chi connectivity index (χ4v) is 3.33. The van der Waals surface area contributed by atoms with Crippen molar-refractivity contribution >= 4 is 11.9 Å². The van der Waals surface area contributed by atoms with Crippen LogP contribution in [-0.2, 0) is 19.3 Å². The number of rotatable bonds is 10. The number of aromatic nitrogens is 2. The van der Waals surface area contributed by atoms with E-state index >= 15 is 0 Å². The molecule has 162 valence electrons. The van der Waals surface area contributed by atoms with E-state index in [0.717, 1.165) is 30.0 Å². The molecular formula is C24H27N3O4. The van der Waals surface area contributed by atoms with E-state index in [1.165, 1.54) is 11.8 Å². The Hall–Kier alpha value is -3.61. The van der Waals surface area contributed by atoms with Crippen LogP contribution in [0.25, 0.3) is 0 Å². The molecule has 1 N–H and O–H groups in total. The van der Waals surface area contributed by atoms with Crippen LogP contribution in [0, 0.1) is 0 Å². The molecule has 7 heteroatoms. The Morgan fingerprint density at radius 3 is 2.48 bits per heavy atom. The molecular weight excluding hydrogens is 394 g/mol. The van der Waals surface area contributed by atoms with Crippen LogP contribution < -0.4 is 14.4 Å². The predicted octanol–water partition coefficient (Wildman–Crippen LogP) is 3.66. The molecule has 0 aliphatic rings. The number of benzene rings is 2. The van der Waals surface area contributed by atoms with E-state index in [4.69, 9.17) is 9.47 Å². The summed E-state index contributed by atoms with van der Waals surface area (Å²) in [5.74, 6) is 0.921. The molecule has 0 unspecified atom stereocenters. The van der Waals surface area contributed by atoms with Gasteiger partial charge < -0.3 is 19.5 Å². The summed E-state index contributed by atoms with van der Waals surface area (Å²) in [5.41, 5.74) is 2.76. The first kappa shape index (κ1) is 22.1. The molecule has 0 radical (unpaired) electrons. The van der Waals surface area contributed by atoms with Crippen molar-refractivity contribution < 1.29 is 19.4 Å². The number of hydrogen-bond acceptors (Lipinski definition) is 6. The third-order valence-corrected chi connectivity index (χ3v) is 5.12. The molecule has 0 aliphatic carbocycles. The maximum absolute atomic E-state index is 11.7. The lowest BCUT2D eigenvalue weighted by Crippen LogP contribution is -2.24. The van der Waals surface area contributed by atoms with Gasteiger partial charge in [0.1, 0.15) is 11.5 Å². The van der Waals surface area contributed by atoms with E-state index in [9.17, 15) is 9.90 Å². The van der Waals surface area contributed by atoms with Gasteiger partial charge in [0.05, 0.1) is 25.5 Å². The van der Waals surface area contributed by atoms with Gasteiger partial charge in [-0.2, -0.15) is 0 Å². The maximum atomic E-state index is 11.7. The lowest BCUT2D eigenvalue weighted by atomic mass is 10.0. The van der Waals surface area contributed by atoms with Crippen LogP contribution in [0.2, 0.25) is 0 Å². The molecule has 3 aromatic rings. The summed E-state index contributed by atoms with van der Waals surface area (Å²) < 4.78 is 10.7. The Morgan fingerprint density at radius 1 is 1.03 bits per heavy atom. The van der Waals surface area contributed by atoms with Crippen molar-refractivity contribution in [3.8, 4) is 11.5 Å². The van der Waals surface area contributed by atoms with E-state index in [-0.39, 0.29) is 5.56 Å². The van der Waals surface area contributed by atoms with Gasteiger partial charge in [-0.25, -0.2) is 14.8 Å². The van der Waals surface area contributed by atoms with Gasteiger partial charge in [-0.3, -0.25) is 0 Å². The van der Waals surface area contributed by atoms with Gasteiger partial charge in [0.2, 0.25) is 5.95 Å². The first-order valence-corrected chi connectivity index (χ1v) is 10.1. The second-order valence-electron chi connectivity index (χ2n) is 7.17. The van der Waals surface area contributed by atoms with Crippen LogP contribution in [0.1, 0.15) is 27.2 Å². The standard InChI is InChI=1S/C24H27N3O4/c1-27(14-13-17-7-5-4-6-8-17)24-25-16-20(23(28)29)21(26-24)11-9-18-15-19(30-2)10-12-22(18)31-3/h4-8,10,12,15-16H,9,11,13-14H2,1-3H3,(H,28,29). The summed E-state index contributed by atoms with van der Waals surface area (Å²) in [7, 11) is 5.13. The summed E-state index contributed by atoms with van der Waals surface area (Å²) in [6.45, 7) is 0.722. The highest BCUT2D eigenvalue weighted by Crippen LogP contribution is 2.26. The fraction of sp³-hybridized carbons (Fsp3) is 0.292. The van der Waals surface area contributed by atoms with E-state index in [1.807, 2.05) is 48.3 Å². The minimum absolute atomic E-state index is 0.113. The molecule has 2 aromatic carbocycles. The largest absolute Gasteiger partial charge is 0.497 e. The first-order chi connectivity index (χ1) is 15.0. The number of anilines is 1. The Kier molecular flexibility index (Phi) is 7.43. The molecule has 31 heavy (non-hydrogen) atoms. The zero-order chi connectivity index (χ0) is 22.2.